The second-order valence-electron chi connectivity index (χ2n) is 7.84. The lowest BCUT2D eigenvalue weighted by atomic mass is 9.75. The number of carbonyl (C=O) groups excluding carboxylic acids is 1. The number of hydrogen-bond donors (Lipinski definition) is 1. The van der Waals surface area contributed by atoms with E-state index in [0.717, 1.165) is 17.7 Å². The van der Waals surface area contributed by atoms with E-state index in [1.165, 1.54) is 16.0 Å². The van der Waals surface area contributed by atoms with Gasteiger partial charge in [-0.3, -0.25) is 4.79 Å². The Balaban J connectivity index is 1.78. The molecule has 1 saturated heterocycles. The molecule has 1 amide bonds. The third-order valence-corrected chi connectivity index (χ3v) is 6.82. The van der Waals surface area contributed by atoms with Crippen molar-refractivity contribution >= 4 is 29.4 Å². The average Bonchev–Trinajstić information content (AvgIpc) is 3.11. The van der Waals surface area contributed by atoms with Crippen LogP contribution >= 0.6 is 11.8 Å². The zero-order valence-electron chi connectivity index (χ0n) is 16.4. The molecule has 140 valence electrons. The Bertz CT molecular complexity index is 916. The maximum absolute atomic E-state index is 12.4. The quantitative estimate of drug-likeness (QED) is 0.789. The minimum absolute atomic E-state index is 0.0793. The molecule has 27 heavy (non-hydrogen) atoms. The highest BCUT2D eigenvalue weighted by molar-refractivity contribution is 7.98. The van der Waals surface area contributed by atoms with Gasteiger partial charge in [0.2, 0.25) is 5.91 Å². The molecule has 2 aliphatic heterocycles. The monoisotopic (exact) mass is 378 g/mol. The van der Waals surface area contributed by atoms with E-state index in [9.17, 15) is 4.79 Å². The van der Waals surface area contributed by atoms with E-state index in [-0.39, 0.29) is 11.3 Å². The fraction of sp³-hybridized carbons (Fsp3) is 0.348. The van der Waals surface area contributed by atoms with Crippen LogP contribution in [0, 0.1) is 0 Å². The van der Waals surface area contributed by atoms with Crippen molar-refractivity contribution in [2.45, 2.75) is 43.2 Å². The van der Waals surface area contributed by atoms with Gasteiger partial charge in [0.25, 0.3) is 0 Å². The Kier molecular flexibility index (Phi) is 4.34. The Morgan fingerprint density at radius 2 is 1.93 bits per heavy atom. The van der Waals surface area contributed by atoms with Crippen LogP contribution in [-0.2, 0) is 16.6 Å². The first-order valence-electron chi connectivity index (χ1n) is 9.46. The molecule has 0 bridgehead atoms. The summed E-state index contributed by atoms with van der Waals surface area (Å²) < 4.78 is 0. The molecule has 1 fully saturated rings. The Morgan fingerprint density at radius 3 is 2.59 bits per heavy atom. The average molecular weight is 379 g/mol. The summed E-state index contributed by atoms with van der Waals surface area (Å²) in [6, 6.07) is 15.2. The summed E-state index contributed by atoms with van der Waals surface area (Å²) in [5, 5.41) is 3.29. The van der Waals surface area contributed by atoms with Crippen LogP contribution in [0.2, 0.25) is 0 Å². The maximum atomic E-state index is 12.4. The van der Waals surface area contributed by atoms with E-state index in [1.807, 2.05) is 0 Å². The molecule has 3 nitrogen and oxygen atoms in total. The second-order valence-corrected chi connectivity index (χ2v) is 8.72. The predicted octanol–water partition coefficient (Wildman–Crippen LogP) is 4.61. The first kappa shape index (κ1) is 18.2. The van der Waals surface area contributed by atoms with E-state index < -0.39 is 5.66 Å². The lowest BCUT2D eigenvalue weighted by molar-refractivity contribution is -0.118. The Morgan fingerprint density at radius 1 is 1.19 bits per heavy atom. The first-order chi connectivity index (χ1) is 12.9. The van der Waals surface area contributed by atoms with E-state index >= 15 is 0 Å². The first-order valence-corrected chi connectivity index (χ1v) is 10.7. The Hall–Kier alpha value is -2.20. The van der Waals surface area contributed by atoms with Gasteiger partial charge < -0.3 is 10.2 Å². The van der Waals surface area contributed by atoms with Gasteiger partial charge in [-0.25, -0.2) is 0 Å². The molecule has 1 N–H and O–H groups in total. The molecule has 0 radical (unpaired) electrons. The minimum Gasteiger partial charge on any atom is -0.335 e. The number of hydrogen-bond acceptors (Lipinski definition) is 3. The number of benzene rings is 2. The normalized spacial score (nSPS) is 22.8. The lowest BCUT2D eigenvalue weighted by Gasteiger charge is -2.40. The smallest absolute Gasteiger partial charge is 0.241 e. The van der Waals surface area contributed by atoms with Crippen LogP contribution in [0.1, 0.15) is 37.5 Å². The molecule has 0 saturated carbocycles. The molecule has 2 aromatic rings. The fourth-order valence-corrected chi connectivity index (χ4v) is 4.78. The van der Waals surface area contributed by atoms with Gasteiger partial charge in [0.1, 0.15) is 5.66 Å². The highest BCUT2D eigenvalue weighted by Gasteiger charge is 2.59. The summed E-state index contributed by atoms with van der Waals surface area (Å²) in [5.41, 5.74) is 4.19. The van der Waals surface area contributed by atoms with Crippen molar-refractivity contribution in [2.24, 2.45) is 0 Å². The van der Waals surface area contributed by atoms with Gasteiger partial charge in [0.05, 0.1) is 6.54 Å². The third-order valence-electron chi connectivity index (χ3n) is 6.08. The van der Waals surface area contributed by atoms with Crippen molar-refractivity contribution in [3.63, 3.8) is 0 Å². The number of fused-ring (bicyclic) bond motifs is 3. The van der Waals surface area contributed by atoms with Crippen molar-refractivity contribution in [2.75, 3.05) is 17.7 Å². The molecule has 1 atom stereocenters. The van der Waals surface area contributed by atoms with Crippen LogP contribution in [0.3, 0.4) is 0 Å². The number of amides is 1. The van der Waals surface area contributed by atoms with Crippen LogP contribution in [0.4, 0.5) is 5.69 Å². The SMILES string of the molecule is CCc1ccc2c(c1)C(C)(C)[C@]1(C=Cc3ccc(SC)cc3)NC(=O)CN21. The van der Waals surface area contributed by atoms with Crippen molar-refractivity contribution in [3.8, 4) is 0 Å². The van der Waals surface area contributed by atoms with Crippen molar-refractivity contribution in [3.05, 3.63) is 65.2 Å². The van der Waals surface area contributed by atoms with E-state index in [4.69, 9.17) is 0 Å². The number of anilines is 1. The van der Waals surface area contributed by atoms with Crippen molar-refractivity contribution < 1.29 is 4.79 Å². The standard InChI is InChI=1S/C23H26N2OS/c1-5-16-8-11-20-19(14-16)22(2,3)23(24-21(26)15-25(20)23)13-12-17-6-9-18(27-4)10-7-17/h6-14H,5,15H2,1-4H3,(H,24,26)/t23-/m1/s1. The molecule has 2 heterocycles. The van der Waals surface area contributed by atoms with Gasteiger partial charge in [0, 0.05) is 16.0 Å². The van der Waals surface area contributed by atoms with E-state index in [2.05, 4.69) is 91.9 Å². The molecule has 2 aromatic carbocycles. The highest BCUT2D eigenvalue weighted by Crippen LogP contribution is 2.53. The summed E-state index contributed by atoms with van der Waals surface area (Å²) in [6.45, 7) is 7.05. The fourth-order valence-electron chi connectivity index (χ4n) is 4.37. The molecule has 4 rings (SSSR count). The van der Waals surface area contributed by atoms with Gasteiger partial charge in [-0.05, 0) is 53.6 Å². The number of rotatable bonds is 4. The van der Waals surface area contributed by atoms with Crippen molar-refractivity contribution in [1.29, 1.82) is 0 Å². The topological polar surface area (TPSA) is 32.3 Å². The second kappa shape index (κ2) is 6.45. The lowest BCUT2D eigenvalue weighted by Crippen LogP contribution is -2.58. The molecule has 0 aromatic heterocycles. The third kappa shape index (κ3) is 2.69. The van der Waals surface area contributed by atoms with Gasteiger partial charge in [-0.2, -0.15) is 0 Å². The number of aryl methyl sites for hydroxylation is 1. The van der Waals surface area contributed by atoms with Crippen molar-refractivity contribution in [1.82, 2.24) is 5.32 Å². The summed E-state index contributed by atoms with van der Waals surface area (Å²) >= 11 is 1.74. The van der Waals surface area contributed by atoms with Gasteiger partial charge in [0.15, 0.2) is 0 Å². The Labute approximate surface area is 165 Å². The number of nitrogens with zero attached hydrogens (tertiary/aromatic N) is 1. The predicted molar refractivity (Wildman–Crippen MR) is 114 cm³/mol. The number of carbonyl (C=O) groups is 1. The molecular weight excluding hydrogens is 352 g/mol. The van der Waals surface area contributed by atoms with Gasteiger partial charge in [-0.1, -0.05) is 51.1 Å². The number of nitrogens with one attached hydrogen (secondary N) is 1. The van der Waals surface area contributed by atoms with Crippen LogP contribution in [0.15, 0.2) is 53.4 Å². The molecule has 4 heteroatoms. The molecule has 0 unspecified atom stereocenters. The zero-order chi connectivity index (χ0) is 19.2. The summed E-state index contributed by atoms with van der Waals surface area (Å²) in [4.78, 5) is 15.9. The minimum atomic E-state index is -0.531. The van der Waals surface area contributed by atoms with E-state index in [0.29, 0.717) is 6.54 Å². The number of thioether (sulfide) groups is 1. The largest absolute Gasteiger partial charge is 0.335 e. The highest BCUT2D eigenvalue weighted by atomic mass is 32.2. The van der Waals surface area contributed by atoms with Crippen LogP contribution in [0.25, 0.3) is 6.08 Å². The summed E-state index contributed by atoms with van der Waals surface area (Å²) in [5.74, 6) is 0.0793. The molecule has 0 spiro atoms. The van der Waals surface area contributed by atoms with Gasteiger partial charge >= 0.3 is 0 Å². The molecule has 2 aliphatic rings. The zero-order valence-corrected chi connectivity index (χ0v) is 17.2. The molecular formula is C23H26N2OS. The summed E-state index contributed by atoms with van der Waals surface area (Å²) in [6.07, 6.45) is 7.41. The molecule has 0 aliphatic carbocycles. The van der Waals surface area contributed by atoms with Crippen LogP contribution in [-0.4, -0.2) is 24.4 Å². The summed E-state index contributed by atoms with van der Waals surface area (Å²) in [7, 11) is 0. The van der Waals surface area contributed by atoms with Crippen LogP contribution in [0.5, 0.6) is 0 Å². The van der Waals surface area contributed by atoms with Crippen LogP contribution < -0.4 is 10.2 Å². The van der Waals surface area contributed by atoms with Gasteiger partial charge in [-0.15, -0.1) is 11.8 Å². The maximum Gasteiger partial charge on any atom is 0.241 e. The van der Waals surface area contributed by atoms with E-state index in [1.54, 1.807) is 11.8 Å².